The van der Waals surface area contributed by atoms with Gasteiger partial charge >= 0.3 is 0 Å². The maximum Gasteiger partial charge on any atom is 0.221 e. The molecule has 0 saturated carbocycles. The molecule has 130 valence electrons. The van der Waals surface area contributed by atoms with E-state index < -0.39 is 0 Å². The average molecular weight is 337 g/mol. The fourth-order valence-electron chi connectivity index (χ4n) is 3.75. The molecule has 0 saturated heterocycles. The Morgan fingerprint density at radius 2 is 2.20 bits per heavy atom. The SMILES string of the molecule is CCCn1ncc(C2CC(=O)NCc3nc4cc(C)ccn4c32)c1C. The third kappa shape index (κ3) is 2.62. The number of nitrogens with zero attached hydrogens (tertiary/aromatic N) is 4. The van der Waals surface area contributed by atoms with Crippen LogP contribution in [0.3, 0.4) is 0 Å². The van der Waals surface area contributed by atoms with Crippen molar-refractivity contribution >= 4 is 11.6 Å². The van der Waals surface area contributed by atoms with E-state index in [1.54, 1.807) is 0 Å². The highest BCUT2D eigenvalue weighted by Crippen LogP contribution is 2.34. The Labute approximate surface area is 146 Å². The molecule has 1 amide bonds. The first-order valence-electron chi connectivity index (χ1n) is 8.85. The summed E-state index contributed by atoms with van der Waals surface area (Å²) in [5, 5.41) is 7.53. The Morgan fingerprint density at radius 3 is 3.00 bits per heavy atom. The van der Waals surface area contributed by atoms with E-state index in [9.17, 15) is 4.79 Å². The van der Waals surface area contributed by atoms with Crippen LogP contribution in [0.1, 0.15) is 53.9 Å². The molecule has 6 heteroatoms. The van der Waals surface area contributed by atoms with Gasteiger partial charge in [0, 0.05) is 36.3 Å². The number of imidazole rings is 1. The van der Waals surface area contributed by atoms with Crippen LogP contribution in [-0.2, 0) is 17.9 Å². The van der Waals surface area contributed by atoms with E-state index in [0.29, 0.717) is 13.0 Å². The van der Waals surface area contributed by atoms with Gasteiger partial charge in [0.1, 0.15) is 5.65 Å². The largest absolute Gasteiger partial charge is 0.350 e. The lowest BCUT2D eigenvalue weighted by atomic mass is 9.92. The van der Waals surface area contributed by atoms with E-state index in [-0.39, 0.29) is 11.8 Å². The number of carbonyl (C=O) groups excluding carboxylic acids is 1. The number of nitrogens with one attached hydrogen (secondary N) is 1. The summed E-state index contributed by atoms with van der Waals surface area (Å²) in [4.78, 5) is 17.1. The predicted molar refractivity (Wildman–Crippen MR) is 95.5 cm³/mol. The van der Waals surface area contributed by atoms with Crippen molar-refractivity contribution in [2.45, 2.75) is 52.6 Å². The molecule has 0 bridgehead atoms. The van der Waals surface area contributed by atoms with Crippen LogP contribution in [0.15, 0.2) is 24.5 Å². The number of pyridine rings is 1. The van der Waals surface area contributed by atoms with E-state index in [1.807, 2.05) is 10.9 Å². The van der Waals surface area contributed by atoms with Crippen LogP contribution in [0.4, 0.5) is 0 Å². The number of amides is 1. The van der Waals surface area contributed by atoms with Crippen LogP contribution < -0.4 is 5.32 Å². The molecule has 0 aromatic carbocycles. The number of hydrogen-bond acceptors (Lipinski definition) is 3. The van der Waals surface area contributed by atoms with E-state index in [0.717, 1.165) is 41.3 Å². The van der Waals surface area contributed by atoms with Crippen molar-refractivity contribution in [3.05, 3.63) is 52.7 Å². The topological polar surface area (TPSA) is 64.2 Å². The van der Waals surface area contributed by atoms with Crippen molar-refractivity contribution in [1.82, 2.24) is 24.5 Å². The Balaban J connectivity index is 1.90. The molecule has 1 N–H and O–H groups in total. The first kappa shape index (κ1) is 15.9. The molecule has 3 aromatic heterocycles. The molecule has 0 aliphatic carbocycles. The van der Waals surface area contributed by atoms with Crippen LogP contribution in [0.5, 0.6) is 0 Å². The molecule has 1 atom stereocenters. The third-order valence-corrected chi connectivity index (χ3v) is 5.02. The minimum atomic E-state index is -0.0270. The van der Waals surface area contributed by atoms with Crippen molar-refractivity contribution in [3.8, 4) is 0 Å². The monoisotopic (exact) mass is 337 g/mol. The van der Waals surface area contributed by atoms with Gasteiger partial charge in [0.2, 0.25) is 5.91 Å². The van der Waals surface area contributed by atoms with Crippen molar-refractivity contribution in [1.29, 1.82) is 0 Å². The Kier molecular flexibility index (Phi) is 3.82. The summed E-state index contributed by atoms with van der Waals surface area (Å²) >= 11 is 0. The average Bonchev–Trinajstić information content (AvgIpc) is 3.07. The highest BCUT2D eigenvalue weighted by Gasteiger charge is 2.31. The lowest BCUT2D eigenvalue weighted by Gasteiger charge is -2.15. The van der Waals surface area contributed by atoms with Gasteiger partial charge in [-0.05, 0) is 38.0 Å². The second-order valence-corrected chi connectivity index (χ2v) is 6.82. The first-order valence-corrected chi connectivity index (χ1v) is 8.85. The number of fused-ring (bicyclic) bond motifs is 3. The zero-order valence-electron chi connectivity index (χ0n) is 14.9. The fourth-order valence-corrected chi connectivity index (χ4v) is 3.75. The van der Waals surface area contributed by atoms with Crippen LogP contribution in [0.25, 0.3) is 5.65 Å². The number of rotatable bonds is 3. The van der Waals surface area contributed by atoms with Gasteiger partial charge in [-0.3, -0.25) is 9.48 Å². The molecule has 0 radical (unpaired) electrons. The van der Waals surface area contributed by atoms with Crippen molar-refractivity contribution in [2.24, 2.45) is 0 Å². The van der Waals surface area contributed by atoms with Crippen LogP contribution in [0.2, 0.25) is 0 Å². The summed E-state index contributed by atoms with van der Waals surface area (Å²) < 4.78 is 4.16. The van der Waals surface area contributed by atoms with E-state index in [4.69, 9.17) is 4.98 Å². The molecule has 4 heterocycles. The second kappa shape index (κ2) is 6.02. The van der Waals surface area contributed by atoms with Gasteiger partial charge in [0.05, 0.1) is 24.1 Å². The standard InChI is InChI=1S/C19H23N5O/c1-4-6-24-13(3)15(10-21-24)14-9-18(25)20-11-16-19(14)23-7-5-12(2)8-17(23)22-16/h5,7-8,10,14H,4,6,9,11H2,1-3H3,(H,20,25). The molecule has 1 unspecified atom stereocenters. The van der Waals surface area contributed by atoms with E-state index >= 15 is 0 Å². The van der Waals surface area contributed by atoms with Gasteiger partial charge < -0.3 is 9.72 Å². The smallest absolute Gasteiger partial charge is 0.221 e. The van der Waals surface area contributed by atoms with E-state index in [1.165, 1.54) is 5.56 Å². The minimum Gasteiger partial charge on any atom is -0.350 e. The lowest BCUT2D eigenvalue weighted by molar-refractivity contribution is -0.121. The molecule has 1 aliphatic heterocycles. The Hall–Kier alpha value is -2.63. The maximum atomic E-state index is 12.3. The highest BCUT2D eigenvalue weighted by molar-refractivity contribution is 5.78. The van der Waals surface area contributed by atoms with Gasteiger partial charge in [-0.25, -0.2) is 4.98 Å². The maximum absolute atomic E-state index is 12.3. The third-order valence-electron chi connectivity index (χ3n) is 5.02. The van der Waals surface area contributed by atoms with Crippen LogP contribution in [-0.4, -0.2) is 25.1 Å². The van der Waals surface area contributed by atoms with Crippen molar-refractivity contribution < 1.29 is 4.79 Å². The summed E-state index contributed by atoms with van der Waals surface area (Å²) in [5.74, 6) is 0.0346. The molecule has 1 aliphatic rings. The Bertz CT molecular complexity index is 952. The van der Waals surface area contributed by atoms with Gasteiger partial charge in [-0.1, -0.05) is 6.92 Å². The highest BCUT2D eigenvalue weighted by atomic mass is 16.1. The van der Waals surface area contributed by atoms with E-state index in [2.05, 4.69) is 53.9 Å². The summed E-state index contributed by atoms with van der Waals surface area (Å²) in [6.07, 6.45) is 5.44. The van der Waals surface area contributed by atoms with Gasteiger partial charge in [0.25, 0.3) is 0 Å². The first-order chi connectivity index (χ1) is 12.1. The van der Waals surface area contributed by atoms with Crippen molar-refractivity contribution in [3.63, 3.8) is 0 Å². The summed E-state index contributed by atoms with van der Waals surface area (Å²) in [6, 6.07) is 4.17. The molecule has 25 heavy (non-hydrogen) atoms. The predicted octanol–water partition coefficient (Wildman–Crippen LogP) is 2.71. The van der Waals surface area contributed by atoms with Crippen LogP contribution in [0, 0.1) is 13.8 Å². The molecule has 0 fully saturated rings. The number of carbonyl (C=O) groups is 1. The quantitative estimate of drug-likeness (QED) is 0.799. The Morgan fingerprint density at radius 1 is 1.36 bits per heavy atom. The minimum absolute atomic E-state index is 0.0270. The molecule has 3 aromatic rings. The summed E-state index contributed by atoms with van der Waals surface area (Å²) in [7, 11) is 0. The van der Waals surface area contributed by atoms with Gasteiger partial charge in [-0.2, -0.15) is 5.10 Å². The number of aromatic nitrogens is 4. The van der Waals surface area contributed by atoms with Gasteiger partial charge in [0.15, 0.2) is 0 Å². The normalized spacial score (nSPS) is 17.4. The molecule has 0 spiro atoms. The van der Waals surface area contributed by atoms with Crippen molar-refractivity contribution in [2.75, 3.05) is 0 Å². The molecule has 6 nitrogen and oxygen atoms in total. The fraction of sp³-hybridized carbons (Fsp3) is 0.421. The molecular formula is C19H23N5O. The van der Waals surface area contributed by atoms with Crippen LogP contribution >= 0.6 is 0 Å². The van der Waals surface area contributed by atoms with Gasteiger partial charge in [-0.15, -0.1) is 0 Å². The lowest BCUT2D eigenvalue weighted by Crippen LogP contribution is -2.21. The number of aryl methyl sites for hydroxylation is 2. The number of hydrogen-bond donors (Lipinski definition) is 1. The molecule has 4 rings (SSSR count). The molecular weight excluding hydrogens is 314 g/mol. The zero-order valence-corrected chi connectivity index (χ0v) is 14.9. The summed E-state index contributed by atoms with van der Waals surface area (Å²) in [5.41, 5.74) is 6.42. The zero-order chi connectivity index (χ0) is 17.6. The summed E-state index contributed by atoms with van der Waals surface area (Å²) in [6.45, 7) is 7.67. The second-order valence-electron chi connectivity index (χ2n) is 6.82.